The Kier molecular flexibility index (Phi) is 3.79. The molecule has 0 bridgehead atoms. The Morgan fingerprint density at radius 3 is 2.42 bits per heavy atom. The van der Waals surface area contributed by atoms with E-state index in [-0.39, 0.29) is 12.3 Å². The molecule has 0 radical (unpaired) electrons. The fourth-order valence-corrected chi connectivity index (χ4v) is 1.45. The van der Waals surface area contributed by atoms with Gasteiger partial charge in [0.15, 0.2) is 11.6 Å². The molecule has 19 heavy (non-hydrogen) atoms. The first kappa shape index (κ1) is 13.1. The van der Waals surface area contributed by atoms with Crippen molar-refractivity contribution in [2.24, 2.45) is 0 Å². The van der Waals surface area contributed by atoms with Crippen molar-refractivity contribution in [2.45, 2.75) is 6.92 Å². The van der Waals surface area contributed by atoms with Crippen LogP contribution in [0.15, 0.2) is 30.6 Å². The number of halogens is 2. The first-order valence-electron chi connectivity index (χ1n) is 5.57. The van der Waals surface area contributed by atoms with E-state index in [0.717, 1.165) is 12.1 Å². The molecule has 98 valence electrons. The average molecular weight is 263 g/mol. The molecule has 0 aliphatic carbocycles. The maximum Gasteiger partial charge on any atom is 0.222 e. The number of nitrogens with one attached hydrogen (secondary N) is 1. The number of rotatable bonds is 4. The van der Waals surface area contributed by atoms with Crippen LogP contribution in [-0.4, -0.2) is 22.3 Å². The van der Waals surface area contributed by atoms with Crippen molar-refractivity contribution in [3.05, 3.63) is 42.2 Å². The minimum atomic E-state index is -0.920. The van der Waals surface area contributed by atoms with Crippen LogP contribution in [0.25, 0.3) is 11.1 Å². The Hall–Kier alpha value is -2.37. The minimum Gasteiger partial charge on any atom is -0.347 e. The molecule has 0 fully saturated rings. The summed E-state index contributed by atoms with van der Waals surface area (Å²) in [5, 5.41) is 2.74. The summed E-state index contributed by atoms with van der Waals surface area (Å²) in [7, 11) is 0. The second-order valence-corrected chi connectivity index (χ2v) is 3.98. The number of carbonyl (C=O) groups is 1. The predicted molar refractivity (Wildman–Crippen MR) is 66.6 cm³/mol. The van der Waals surface area contributed by atoms with Gasteiger partial charge in [0.05, 0.1) is 6.54 Å². The van der Waals surface area contributed by atoms with Crippen molar-refractivity contribution < 1.29 is 13.6 Å². The van der Waals surface area contributed by atoms with Gasteiger partial charge in [-0.25, -0.2) is 18.7 Å². The third-order valence-electron chi connectivity index (χ3n) is 2.40. The van der Waals surface area contributed by atoms with E-state index in [4.69, 9.17) is 0 Å². The number of hydrogen-bond acceptors (Lipinski definition) is 4. The van der Waals surface area contributed by atoms with E-state index in [2.05, 4.69) is 15.3 Å². The highest BCUT2D eigenvalue weighted by molar-refractivity contribution is 5.79. The normalized spacial score (nSPS) is 10.3. The number of aromatic nitrogens is 2. The lowest BCUT2D eigenvalue weighted by atomic mass is 10.1. The molecule has 1 heterocycles. The summed E-state index contributed by atoms with van der Waals surface area (Å²) in [6.07, 6.45) is 2.95. The zero-order chi connectivity index (χ0) is 13.8. The van der Waals surface area contributed by atoms with Gasteiger partial charge in [0.1, 0.15) is 5.78 Å². The summed E-state index contributed by atoms with van der Waals surface area (Å²) in [5.41, 5.74) is 1.05. The average Bonchev–Trinajstić information content (AvgIpc) is 2.40. The second-order valence-electron chi connectivity index (χ2n) is 3.98. The fourth-order valence-electron chi connectivity index (χ4n) is 1.45. The lowest BCUT2D eigenvalue weighted by Gasteiger charge is -2.04. The predicted octanol–water partition coefficient (Wildman–Crippen LogP) is 2.42. The van der Waals surface area contributed by atoms with Crippen LogP contribution < -0.4 is 5.32 Å². The summed E-state index contributed by atoms with van der Waals surface area (Å²) in [5.74, 6) is -1.55. The van der Waals surface area contributed by atoms with Gasteiger partial charge >= 0.3 is 0 Å². The molecule has 0 saturated carbocycles. The Balaban J connectivity index is 2.17. The van der Waals surface area contributed by atoms with Gasteiger partial charge in [-0.1, -0.05) is 6.07 Å². The van der Waals surface area contributed by atoms with Crippen LogP contribution in [0.3, 0.4) is 0 Å². The lowest BCUT2D eigenvalue weighted by Crippen LogP contribution is -2.11. The van der Waals surface area contributed by atoms with E-state index in [9.17, 15) is 13.6 Å². The van der Waals surface area contributed by atoms with Crippen molar-refractivity contribution in [3.8, 4) is 11.1 Å². The highest BCUT2D eigenvalue weighted by Gasteiger charge is 2.05. The molecule has 0 aliphatic heterocycles. The van der Waals surface area contributed by atoms with Gasteiger partial charge in [-0.05, 0) is 24.6 Å². The number of hydrogen-bond donors (Lipinski definition) is 1. The number of Topliss-reactive ketones (excluding diaryl/α,β-unsaturated/α-hetero) is 1. The topological polar surface area (TPSA) is 54.9 Å². The van der Waals surface area contributed by atoms with Gasteiger partial charge in [0, 0.05) is 18.0 Å². The number of benzene rings is 1. The first-order valence-corrected chi connectivity index (χ1v) is 5.57. The van der Waals surface area contributed by atoms with Crippen molar-refractivity contribution in [3.63, 3.8) is 0 Å². The van der Waals surface area contributed by atoms with Crippen molar-refractivity contribution in [1.29, 1.82) is 0 Å². The van der Waals surface area contributed by atoms with Gasteiger partial charge < -0.3 is 5.32 Å². The Bertz CT molecular complexity index is 599. The Labute approximate surface area is 108 Å². The monoisotopic (exact) mass is 263 g/mol. The molecule has 0 amide bonds. The molecule has 0 unspecified atom stereocenters. The SMILES string of the molecule is CC(=O)CNc1ncc(-c2ccc(F)c(F)c2)cn1. The van der Waals surface area contributed by atoms with E-state index in [0.29, 0.717) is 17.1 Å². The summed E-state index contributed by atoms with van der Waals surface area (Å²) >= 11 is 0. The number of nitrogens with zero attached hydrogens (tertiary/aromatic N) is 2. The zero-order valence-corrected chi connectivity index (χ0v) is 10.2. The van der Waals surface area contributed by atoms with Crippen LogP contribution in [0.1, 0.15) is 6.92 Å². The van der Waals surface area contributed by atoms with Crippen LogP contribution in [0.4, 0.5) is 14.7 Å². The van der Waals surface area contributed by atoms with Gasteiger partial charge in [-0.3, -0.25) is 4.79 Å². The molecule has 2 aromatic rings. The fraction of sp³-hybridized carbons (Fsp3) is 0.154. The third kappa shape index (κ3) is 3.31. The quantitative estimate of drug-likeness (QED) is 0.920. The van der Waals surface area contributed by atoms with Crippen molar-refractivity contribution in [1.82, 2.24) is 9.97 Å². The number of carbonyl (C=O) groups excluding carboxylic acids is 1. The lowest BCUT2D eigenvalue weighted by molar-refractivity contribution is -0.115. The molecule has 0 spiro atoms. The molecule has 1 aromatic heterocycles. The van der Waals surface area contributed by atoms with Gasteiger partial charge in [0.2, 0.25) is 5.95 Å². The van der Waals surface area contributed by atoms with Crippen LogP contribution in [0.2, 0.25) is 0 Å². The molecule has 6 heteroatoms. The van der Waals surface area contributed by atoms with E-state index in [1.165, 1.54) is 25.4 Å². The Morgan fingerprint density at radius 1 is 1.16 bits per heavy atom. The highest BCUT2D eigenvalue weighted by atomic mass is 19.2. The maximum atomic E-state index is 13.1. The molecule has 0 atom stereocenters. The van der Waals surface area contributed by atoms with E-state index >= 15 is 0 Å². The summed E-state index contributed by atoms with van der Waals surface area (Å²) in [6.45, 7) is 1.59. The van der Waals surface area contributed by atoms with E-state index < -0.39 is 11.6 Å². The van der Waals surface area contributed by atoms with Crippen molar-refractivity contribution in [2.75, 3.05) is 11.9 Å². The second kappa shape index (κ2) is 5.51. The smallest absolute Gasteiger partial charge is 0.222 e. The molecule has 2 rings (SSSR count). The van der Waals surface area contributed by atoms with Gasteiger partial charge in [0.25, 0.3) is 0 Å². The van der Waals surface area contributed by atoms with Crippen LogP contribution in [0.5, 0.6) is 0 Å². The molecule has 0 aliphatic rings. The van der Waals surface area contributed by atoms with E-state index in [1.54, 1.807) is 0 Å². The van der Waals surface area contributed by atoms with Gasteiger partial charge in [-0.2, -0.15) is 0 Å². The Morgan fingerprint density at radius 2 is 1.84 bits per heavy atom. The number of ketones is 1. The van der Waals surface area contributed by atoms with Gasteiger partial charge in [-0.15, -0.1) is 0 Å². The summed E-state index contributed by atoms with van der Waals surface area (Å²) in [4.78, 5) is 18.8. The molecule has 0 saturated heterocycles. The third-order valence-corrected chi connectivity index (χ3v) is 2.40. The molecule has 1 N–H and O–H groups in total. The molecule has 1 aromatic carbocycles. The zero-order valence-electron chi connectivity index (χ0n) is 10.2. The standard InChI is InChI=1S/C13H11F2N3O/c1-8(19)5-16-13-17-6-10(7-18-13)9-2-3-11(14)12(15)4-9/h2-4,6-7H,5H2,1H3,(H,16,17,18). The van der Waals surface area contributed by atoms with Crippen LogP contribution in [-0.2, 0) is 4.79 Å². The first-order chi connectivity index (χ1) is 9.06. The maximum absolute atomic E-state index is 13.1. The minimum absolute atomic E-state index is 0.0340. The highest BCUT2D eigenvalue weighted by Crippen LogP contribution is 2.20. The van der Waals surface area contributed by atoms with E-state index in [1.807, 2.05) is 0 Å². The molecular weight excluding hydrogens is 252 g/mol. The summed E-state index contributed by atoms with van der Waals surface area (Å²) in [6, 6.07) is 3.57. The van der Waals surface area contributed by atoms with Crippen LogP contribution in [0, 0.1) is 11.6 Å². The molecule has 4 nitrogen and oxygen atoms in total. The van der Waals surface area contributed by atoms with Crippen molar-refractivity contribution >= 4 is 11.7 Å². The van der Waals surface area contributed by atoms with Crippen LogP contribution >= 0.6 is 0 Å². The number of anilines is 1. The summed E-state index contributed by atoms with van der Waals surface area (Å²) < 4.78 is 25.9. The molecular formula is C13H11F2N3O. The largest absolute Gasteiger partial charge is 0.347 e.